The van der Waals surface area contributed by atoms with Gasteiger partial charge < -0.3 is 15.8 Å². The summed E-state index contributed by atoms with van der Waals surface area (Å²) in [7, 11) is 0. The highest BCUT2D eigenvalue weighted by molar-refractivity contribution is 6.25. The highest BCUT2D eigenvalue weighted by Crippen LogP contribution is 2.63. The van der Waals surface area contributed by atoms with Gasteiger partial charge in [-0.05, 0) is 62.3 Å². The van der Waals surface area contributed by atoms with Crippen LogP contribution in [-0.4, -0.2) is 30.3 Å². The number of fused-ring (bicyclic) bond motifs is 2. The van der Waals surface area contributed by atoms with Crippen molar-refractivity contribution in [2.75, 3.05) is 12.3 Å². The summed E-state index contributed by atoms with van der Waals surface area (Å²) in [6, 6.07) is 0.361. The maximum atomic E-state index is 12.7. The van der Waals surface area contributed by atoms with Crippen molar-refractivity contribution < 1.29 is 14.3 Å². The minimum Gasteiger partial charge on any atom is -0.487 e. The molecule has 4 atom stereocenters. The molecule has 5 nitrogen and oxygen atoms in total. The van der Waals surface area contributed by atoms with Crippen molar-refractivity contribution in [2.45, 2.75) is 49.7 Å². The van der Waals surface area contributed by atoms with Gasteiger partial charge in [-0.15, -0.1) is 0 Å². The maximum Gasteiger partial charge on any atom is 0.188 e. The first-order chi connectivity index (χ1) is 12.1. The lowest BCUT2D eigenvalue weighted by Gasteiger charge is -2.55. The summed E-state index contributed by atoms with van der Waals surface area (Å²) in [6.07, 6.45) is 8.07. The third-order valence-corrected chi connectivity index (χ3v) is 7.27. The van der Waals surface area contributed by atoms with Gasteiger partial charge in [-0.1, -0.05) is 0 Å². The summed E-state index contributed by atoms with van der Waals surface area (Å²) in [6.45, 7) is 0.976. The first kappa shape index (κ1) is 14.1. The summed E-state index contributed by atoms with van der Waals surface area (Å²) in [5.74, 6) is 0.979. The van der Waals surface area contributed by atoms with E-state index in [-0.39, 0.29) is 23.1 Å². The van der Waals surface area contributed by atoms with Crippen LogP contribution in [0.2, 0.25) is 0 Å². The number of ketones is 2. The second kappa shape index (κ2) is 4.33. The van der Waals surface area contributed by atoms with E-state index in [1.165, 1.54) is 24.1 Å². The molecule has 6 rings (SSSR count). The molecule has 128 valence electrons. The quantitative estimate of drug-likeness (QED) is 0.708. The molecule has 3 aliphatic carbocycles. The number of nitrogens with one attached hydrogen (secondary N) is 1. The smallest absolute Gasteiger partial charge is 0.188 e. The van der Waals surface area contributed by atoms with Gasteiger partial charge in [0.15, 0.2) is 11.6 Å². The number of hydrogen-bond acceptors (Lipinski definition) is 5. The summed E-state index contributed by atoms with van der Waals surface area (Å²) in [5, 5.41) is 3.68. The molecule has 2 fully saturated rings. The van der Waals surface area contributed by atoms with Crippen molar-refractivity contribution in [3.63, 3.8) is 0 Å². The minimum absolute atomic E-state index is 0.0231. The molecule has 2 aliphatic heterocycles. The second-order valence-corrected chi connectivity index (χ2v) is 8.11. The maximum absolute atomic E-state index is 12.7. The van der Waals surface area contributed by atoms with Gasteiger partial charge >= 0.3 is 0 Å². The normalized spacial score (nSPS) is 36.7. The molecule has 2 bridgehead atoms. The number of piperidine rings is 1. The van der Waals surface area contributed by atoms with Crippen LogP contribution in [0.25, 0.3) is 0 Å². The summed E-state index contributed by atoms with van der Waals surface area (Å²) in [4.78, 5) is 25.2. The van der Waals surface area contributed by atoms with Gasteiger partial charge in [-0.3, -0.25) is 9.59 Å². The van der Waals surface area contributed by atoms with Gasteiger partial charge in [0.25, 0.3) is 0 Å². The molecule has 1 aromatic carbocycles. The number of nitrogens with two attached hydrogens (primary N) is 1. The Bertz CT molecular complexity index is 903. The third-order valence-electron chi connectivity index (χ3n) is 7.27. The van der Waals surface area contributed by atoms with E-state index in [0.717, 1.165) is 37.8 Å². The topological polar surface area (TPSA) is 81.4 Å². The average molecular weight is 336 g/mol. The summed E-state index contributed by atoms with van der Waals surface area (Å²) < 4.78 is 6.42. The molecule has 0 amide bonds. The molecule has 1 saturated carbocycles. The SMILES string of the molecule is Nc1c2c3c(c4c1C(=O)C=CC4=O)C[C@H]1NCC[C@@]34C(CCC[C@@H]14)O2. The van der Waals surface area contributed by atoms with Crippen LogP contribution in [0.5, 0.6) is 5.75 Å². The fourth-order valence-electron chi connectivity index (χ4n) is 6.46. The van der Waals surface area contributed by atoms with E-state index < -0.39 is 0 Å². The molecule has 5 heteroatoms. The zero-order chi connectivity index (χ0) is 16.9. The van der Waals surface area contributed by atoms with Crippen LogP contribution in [0.4, 0.5) is 5.69 Å². The van der Waals surface area contributed by atoms with Crippen LogP contribution in [0.3, 0.4) is 0 Å². The van der Waals surface area contributed by atoms with E-state index in [4.69, 9.17) is 10.5 Å². The van der Waals surface area contributed by atoms with Crippen LogP contribution < -0.4 is 15.8 Å². The molecule has 1 aromatic rings. The number of allylic oxidation sites excluding steroid dienone is 2. The van der Waals surface area contributed by atoms with Gasteiger partial charge in [0.05, 0.1) is 11.3 Å². The van der Waals surface area contributed by atoms with Gasteiger partial charge in [-0.2, -0.15) is 0 Å². The van der Waals surface area contributed by atoms with Crippen LogP contribution in [0.15, 0.2) is 12.2 Å². The van der Waals surface area contributed by atoms with Gasteiger partial charge in [0, 0.05) is 22.6 Å². The van der Waals surface area contributed by atoms with Gasteiger partial charge in [-0.25, -0.2) is 0 Å². The number of benzene rings is 1. The number of rotatable bonds is 0. The molecule has 0 radical (unpaired) electrons. The fraction of sp³-hybridized carbons (Fsp3) is 0.500. The molecule has 1 spiro atoms. The molecular weight excluding hydrogens is 316 g/mol. The van der Waals surface area contributed by atoms with E-state index in [9.17, 15) is 9.59 Å². The third kappa shape index (κ3) is 1.42. The van der Waals surface area contributed by atoms with Crippen LogP contribution in [-0.2, 0) is 11.8 Å². The number of carbonyl (C=O) groups is 2. The predicted octanol–water partition coefficient (Wildman–Crippen LogP) is 1.92. The molecule has 5 aliphatic rings. The van der Waals surface area contributed by atoms with Gasteiger partial charge in [0.1, 0.15) is 11.9 Å². The fourth-order valence-corrected chi connectivity index (χ4v) is 6.46. The number of ether oxygens (including phenoxy) is 1. The standard InChI is InChI=1S/C20H20N2O3/c21-18-16-13(24)5-4-12(23)15(16)9-8-11-10-2-1-3-14-20(10,6-7-22-11)17(9)19(18)25-14/h4-5,10-11,14,22H,1-3,6-8,21H2/t10-,11+,14?,20+/m0/s1. The number of anilines is 1. The minimum atomic E-state index is -0.178. The molecular formula is C20H20N2O3. The Hall–Kier alpha value is -2.14. The zero-order valence-corrected chi connectivity index (χ0v) is 13.9. The molecule has 3 N–H and O–H groups in total. The highest BCUT2D eigenvalue weighted by Gasteiger charge is 2.63. The van der Waals surface area contributed by atoms with E-state index in [2.05, 4.69) is 5.32 Å². The van der Waals surface area contributed by atoms with Crippen LogP contribution in [0.1, 0.15) is 57.5 Å². The Morgan fingerprint density at radius 3 is 2.80 bits per heavy atom. The second-order valence-electron chi connectivity index (χ2n) is 8.11. The molecule has 1 saturated heterocycles. The first-order valence-electron chi connectivity index (χ1n) is 9.28. The Morgan fingerprint density at radius 1 is 1.16 bits per heavy atom. The van der Waals surface area contributed by atoms with Crippen LogP contribution in [0, 0.1) is 5.92 Å². The Kier molecular flexibility index (Phi) is 2.44. The Morgan fingerprint density at radius 2 is 1.96 bits per heavy atom. The van der Waals surface area contributed by atoms with Crippen LogP contribution >= 0.6 is 0 Å². The summed E-state index contributed by atoms with van der Waals surface area (Å²) >= 11 is 0. The molecule has 1 unspecified atom stereocenters. The van der Waals surface area contributed by atoms with Crippen molar-refractivity contribution in [1.82, 2.24) is 5.32 Å². The molecule has 0 aromatic heterocycles. The zero-order valence-electron chi connectivity index (χ0n) is 13.9. The monoisotopic (exact) mass is 336 g/mol. The van der Waals surface area contributed by atoms with E-state index in [1.807, 2.05) is 0 Å². The van der Waals surface area contributed by atoms with Crippen molar-refractivity contribution in [2.24, 2.45) is 5.92 Å². The Balaban J connectivity index is 1.74. The van der Waals surface area contributed by atoms with Crippen molar-refractivity contribution in [3.8, 4) is 5.75 Å². The van der Waals surface area contributed by atoms with Crippen molar-refractivity contribution >= 4 is 17.3 Å². The number of nitrogen functional groups attached to an aromatic ring is 1. The highest BCUT2D eigenvalue weighted by atomic mass is 16.5. The average Bonchev–Trinajstić information content (AvgIpc) is 2.93. The van der Waals surface area contributed by atoms with Gasteiger partial charge in [0.2, 0.25) is 0 Å². The molecule has 25 heavy (non-hydrogen) atoms. The first-order valence-corrected chi connectivity index (χ1v) is 9.28. The largest absolute Gasteiger partial charge is 0.487 e. The predicted molar refractivity (Wildman–Crippen MR) is 92.2 cm³/mol. The lowest BCUT2D eigenvalue weighted by atomic mass is 9.51. The number of carbonyl (C=O) groups excluding carboxylic acids is 2. The van der Waals surface area contributed by atoms with Crippen molar-refractivity contribution in [1.29, 1.82) is 0 Å². The van der Waals surface area contributed by atoms with E-state index in [1.54, 1.807) is 0 Å². The lowest BCUT2D eigenvalue weighted by Crippen LogP contribution is -2.63. The van der Waals surface area contributed by atoms with Crippen molar-refractivity contribution in [3.05, 3.63) is 34.4 Å². The summed E-state index contributed by atoms with van der Waals surface area (Å²) in [5.41, 5.74) is 9.90. The Labute approximate surface area is 145 Å². The number of hydrogen-bond donors (Lipinski definition) is 2. The van der Waals surface area contributed by atoms with E-state index in [0.29, 0.717) is 34.5 Å². The lowest BCUT2D eigenvalue weighted by molar-refractivity contribution is 0.00344. The van der Waals surface area contributed by atoms with E-state index >= 15 is 0 Å². The molecule has 2 heterocycles.